The molecule has 1 heterocycles. The summed E-state index contributed by atoms with van der Waals surface area (Å²) in [6.45, 7) is 4.12. The topological polar surface area (TPSA) is 64.6 Å². The third-order valence-electron chi connectivity index (χ3n) is 3.70. The van der Waals surface area contributed by atoms with Crippen LogP contribution in [0.3, 0.4) is 0 Å². The maximum Gasteiger partial charge on any atom is 0.240 e. The molecule has 2 aromatic rings. The van der Waals surface area contributed by atoms with E-state index in [4.69, 9.17) is 9.47 Å². The molecule has 3 rings (SSSR count). The van der Waals surface area contributed by atoms with E-state index in [1.807, 2.05) is 31.2 Å². The minimum atomic E-state index is -3.58. The Morgan fingerprint density at radius 3 is 2.65 bits per heavy atom. The molecule has 0 aliphatic carbocycles. The van der Waals surface area contributed by atoms with E-state index < -0.39 is 10.0 Å². The molecule has 23 heavy (non-hydrogen) atoms. The van der Waals surface area contributed by atoms with Crippen molar-refractivity contribution in [2.24, 2.45) is 0 Å². The van der Waals surface area contributed by atoms with Crippen LogP contribution in [-0.4, -0.2) is 27.7 Å². The predicted octanol–water partition coefficient (Wildman–Crippen LogP) is 2.42. The maximum absolute atomic E-state index is 12.5. The van der Waals surface area contributed by atoms with Gasteiger partial charge in [-0.25, -0.2) is 13.1 Å². The van der Waals surface area contributed by atoms with Crippen LogP contribution >= 0.6 is 0 Å². The summed E-state index contributed by atoms with van der Waals surface area (Å²) in [5, 5.41) is 0. The van der Waals surface area contributed by atoms with Crippen LogP contribution in [0.15, 0.2) is 47.4 Å². The minimum Gasteiger partial charge on any atom is -0.486 e. The lowest BCUT2D eigenvalue weighted by Gasteiger charge is -2.26. The Morgan fingerprint density at radius 2 is 1.87 bits per heavy atom. The SMILES string of the molecule is Cc1ccc(C)c(S(=O)(=O)NC[C@@H]2COc3ccccc3O2)c1. The Bertz CT molecular complexity index is 817. The molecule has 6 heteroatoms. The van der Waals surface area contributed by atoms with E-state index in [-0.39, 0.29) is 12.6 Å². The van der Waals surface area contributed by atoms with Gasteiger partial charge in [0.05, 0.1) is 11.4 Å². The first-order valence-corrected chi connectivity index (χ1v) is 8.89. The van der Waals surface area contributed by atoms with Gasteiger partial charge in [0.2, 0.25) is 10.0 Å². The summed E-state index contributed by atoms with van der Waals surface area (Å²) in [5.41, 5.74) is 1.62. The highest BCUT2D eigenvalue weighted by Gasteiger charge is 2.24. The average molecular weight is 333 g/mol. The lowest BCUT2D eigenvalue weighted by molar-refractivity contribution is 0.0943. The van der Waals surface area contributed by atoms with E-state index in [0.29, 0.717) is 28.6 Å². The average Bonchev–Trinajstić information content (AvgIpc) is 2.55. The Kier molecular flexibility index (Phi) is 4.28. The number of nitrogens with one attached hydrogen (secondary N) is 1. The molecule has 0 fully saturated rings. The number of aryl methyl sites for hydroxylation is 2. The number of sulfonamides is 1. The van der Waals surface area contributed by atoms with Gasteiger partial charge < -0.3 is 9.47 Å². The standard InChI is InChI=1S/C17H19NO4S/c1-12-7-8-13(2)17(9-12)23(19,20)18-10-14-11-21-15-5-3-4-6-16(15)22-14/h3-9,14,18H,10-11H2,1-2H3/t14-/m1/s1. The van der Waals surface area contributed by atoms with Crippen LogP contribution < -0.4 is 14.2 Å². The summed E-state index contributed by atoms with van der Waals surface area (Å²) in [6.07, 6.45) is -0.357. The third-order valence-corrected chi connectivity index (χ3v) is 5.27. The van der Waals surface area contributed by atoms with Crippen molar-refractivity contribution in [2.75, 3.05) is 13.2 Å². The van der Waals surface area contributed by atoms with Gasteiger partial charge in [0.1, 0.15) is 12.7 Å². The highest BCUT2D eigenvalue weighted by molar-refractivity contribution is 7.89. The first-order chi connectivity index (χ1) is 11.0. The maximum atomic E-state index is 12.5. The van der Waals surface area contributed by atoms with Crippen molar-refractivity contribution in [2.45, 2.75) is 24.8 Å². The summed E-state index contributed by atoms with van der Waals surface area (Å²) in [6, 6.07) is 12.7. The normalized spacial score (nSPS) is 17.0. The molecule has 2 aromatic carbocycles. The lowest BCUT2D eigenvalue weighted by Crippen LogP contribution is -2.40. The molecule has 0 saturated carbocycles. The molecule has 0 bridgehead atoms. The van der Waals surface area contributed by atoms with Gasteiger partial charge in [0, 0.05) is 0 Å². The summed E-state index contributed by atoms with van der Waals surface area (Å²) < 4.78 is 38.9. The largest absolute Gasteiger partial charge is 0.486 e. The first-order valence-electron chi connectivity index (χ1n) is 7.41. The molecule has 1 aliphatic heterocycles. The molecular weight excluding hydrogens is 314 g/mol. The Hall–Kier alpha value is -2.05. The molecule has 0 unspecified atom stereocenters. The molecule has 122 valence electrons. The van der Waals surface area contributed by atoms with E-state index >= 15 is 0 Å². The molecule has 1 atom stereocenters. The van der Waals surface area contributed by atoms with E-state index in [1.165, 1.54) is 0 Å². The number of benzene rings is 2. The second kappa shape index (κ2) is 6.22. The highest BCUT2D eigenvalue weighted by atomic mass is 32.2. The minimum absolute atomic E-state index is 0.157. The van der Waals surface area contributed by atoms with E-state index in [2.05, 4.69) is 4.72 Å². The Labute approximate surface area is 136 Å². The van der Waals surface area contributed by atoms with Crippen molar-refractivity contribution in [3.8, 4) is 11.5 Å². The summed E-state index contributed by atoms with van der Waals surface area (Å²) in [4.78, 5) is 0.301. The number of ether oxygens (including phenoxy) is 2. The van der Waals surface area contributed by atoms with Gasteiger partial charge in [-0.3, -0.25) is 0 Å². The Morgan fingerprint density at radius 1 is 1.13 bits per heavy atom. The summed E-state index contributed by atoms with van der Waals surface area (Å²) >= 11 is 0. The predicted molar refractivity (Wildman–Crippen MR) is 87.5 cm³/mol. The first kappa shape index (κ1) is 15.8. The van der Waals surface area contributed by atoms with Gasteiger partial charge >= 0.3 is 0 Å². The molecule has 1 N–H and O–H groups in total. The number of hydrogen-bond acceptors (Lipinski definition) is 4. The van der Waals surface area contributed by atoms with Crippen molar-refractivity contribution in [3.05, 3.63) is 53.6 Å². The number of para-hydroxylation sites is 2. The van der Waals surface area contributed by atoms with Crippen LogP contribution in [0.25, 0.3) is 0 Å². The van der Waals surface area contributed by atoms with E-state index in [1.54, 1.807) is 25.1 Å². The second-order valence-electron chi connectivity index (χ2n) is 5.62. The van der Waals surface area contributed by atoms with Gasteiger partial charge in [-0.05, 0) is 43.2 Å². The second-order valence-corrected chi connectivity index (χ2v) is 7.35. The van der Waals surface area contributed by atoms with Crippen molar-refractivity contribution in [1.82, 2.24) is 4.72 Å². The smallest absolute Gasteiger partial charge is 0.240 e. The van der Waals surface area contributed by atoms with Crippen molar-refractivity contribution in [3.63, 3.8) is 0 Å². The van der Waals surface area contributed by atoms with Crippen LogP contribution in [0.4, 0.5) is 0 Å². The van der Waals surface area contributed by atoms with Crippen LogP contribution in [0.2, 0.25) is 0 Å². The number of rotatable bonds is 4. The number of fused-ring (bicyclic) bond motifs is 1. The van der Waals surface area contributed by atoms with Gasteiger partial charge in [-0.1, -0.05) is 24.3 Å². The molecule has 0 spiro atoms. The van der Waals surface area contributed by atoms with Crippen molar-refractivity contribution < 1.29 is 17.9 Å². The monoisotopic (exact) mass is 333 g/mol. The van der Waals surface area contributed by atoms with E-state index in [0.717, 1.165) is 5.56 Å². The molecule has 0 radical (unpaired) electrons. The van der Waals surface area contributed by atoms with Crippen LogP contribution in [-0.2, 0) is 10.0 Å². The van der Waals surface area contributed by atoms with Crippen molar-refractivity contribution >= 4 is 10.0 Å². The van der Waals surface area contributed by atoms with Gasteiger partial charge in [0.25, 0.3) is 0 Å². The molecular formula is C17H19NO4S. The van der Waals surface area contributed by atoms with Gasteiger partial charge in [-0.15, -0.1) is 0 Å². The molecule has 1 aliphatic rings. The van der Waals surface area contributed by atoms with Crippen molar-refractivity contribution in [1.29, 1.82) is 0 Å². The van der Waals surface area contributed by atoms with Crippen LogP contribution in [0, 0.1) is 13.8 Å². The van der Waals surface area contributed by atoms with Gasteiger partial charge in [-0.2, -0.15) is 0 Å². The molecule has 5 nitrogen and oxygen atoms in total. The number of hydrogen-bond donors (Lipinski definition) is 1. The lowest BCUT2D eigenvalue weighted by atomic mass is 10.2. The quantitative estimate of drug-likeness (QED) is 0.933. The molecule has 0 aromatic heterocycles. The van der Waals surface area contributed by atoms with Gasteiger partial charge in [0.15, 0.2) is 11.5 Å². The summed E-state index contributed by atoms with van der Waals surface area (Å²) in [5.74, 6) is 1.32. The Balaban J connectivity index is 1.70. The zero-order valence-electron chi connectivity index (χ0n) is 13.1. The fraction of sp³-hybridized carbons (Fsp3) is 0.294. The van der Waals surface area contributed by atoms with Crippen LogP contribution in [0.1, 0.15) is 11.1 Å². The van der Waals surface area contributed by atoms with E-state index in [9.17, 15) is 8.42 Å². The highest BCUT2D eigenvalue weighted by Crippen LogP contribution is 2.30. The zero-order valence-corrected chi connectivity index (χ0v) is 13.9. The van der Waals surface area contributed by atoms with Crippen LogP contribution in [0.5, 0.6) is 11.5 Å². The summed E-state index contributed by atoms with van der Waals surface area (Å²) in [7, 11) is -3.58. The molecule has 0 amide bonds. The fourth-order valence-electron chi connectivity index (χ4n) is 2.44. The molecule has 0 saturated heterocycles. The fourth-order valence-corrected chi connectivity index (χ4v) is 3.83. The zero-order chi connectivity index (χ0) is 16.4. The third kappa shape index (κ3) is 3.48.